The topological polar surface area (TPSA) is 52.9 Å². The third kappa shape index (κ3) is 1.65. The predicted molar refractivity (Wildman–Crippen MR) is 45.2 cm³/mol. The van der Waals surface area contributed by atoms with Crippen molar-refractivity contribution in [3.05, 3.63) is 11.6 Å². The van der Waals surface area contributed by atoms with Gasteiger partial charge in [0.2, 0.25) is 5.91 Å². The van der Waals surface area contributed by atoms with Crippen LogP contribution in [-0.2, 0) is 4.79 Å². The first-order valence-corrected chi connectivity index (χ1v) is 4.00. The van der Waals surface area contributed by atoms with Gasteiger partial charge in [-0.1, -0.05) is 6.08 Å². The minimum Gasteiger partial charge on any atom is -0.334 e. The Morgan fingerprint density at radius 2 is 2.25 bits per heavy atom. The van der Waals surface area contributed by atoms with Gasteiger partial charge < -0.3 is 5.32 Å². The number of nitrogens with zero attached hydrogens (tertiary/aromatic N) is 1. The summed E-state index contributed by atoms with van der Waals surface area (Å²) in [5.74, 6) is -0.128. The number of rotatable bonds is 2. The summed E-state index contributed by atoms with van der Waals surface area (Å²) in [6.45, 7) is 3.55. The first-order valence-electron chi connectivity index (χ1n) is 4.00. The molecule has 1 rings (SSSR count). The molecule has 0 saturated heterocycles. The fourth-order valence-electron chi connectivity index (χ4n) is 0.837. The molecular formula is C9H12N2O. The highest BCUT2D eigenvalue weighted by atomic mass is 16.1. The van der Waals surface area contributed by atoms with E-state index in [0.717, 1.165) is 12.8 Å². The molecule has 3 nitrogen and oxygen atoms in total. The van der Waals surface area contributed by atoms with Crippen LogP contribution in [0.2, 0.25) is 0 Å². The van der Waals surface area contributed by atoms with Gasteiger partial charge in [0, 0.05) is 5.57 Å². The first kappa shape index (κ1) is 8.79. The minimum atomic E-state index is -0.540. The number of nitriles is 1. The number of nitrogens with one attached hydrogen (secondary N) is 1. The van der Waals surface area contributed by atoms with Crippen LogP contribution in [0, 0.1) is 11.3 Å². The number of hydrogen-bond acceptors (Lipinski definition) is 2. The van der Waals surface area contributed by atoms with Gasteiger partial charge in [-0.2, -0.15) is 5.26 Å². The molecule has 1 N–H and O–H groups in total. The van der Waals surface area contributed by atoms with E-state index < -0.39 is 5.54 Å². The predicted octanol–water partition coefficient (Wildman–Crippen LogP) is 1.12. The summed E-state index contributed by atoms with van der Waals surface area (Å²) in [7, 11) is 0. The summed E-state index contributed by atoms with van der Waals surface area (Å²) in [4.78, 5) is 11.3. The second-order valence-electron chi connectivity index (χ2n) is 3.12. The maximum Gasteiger partial charge on any atom is 0.247 e. The van der Waals surface area contributed by atoms with E-state index in [1.807, 2.05) is 0 Å². The van der Waals surface area contributed by atoms with Crippen molar-refractivity contribution in [1.82, 2.24) is 5.32 Å². The Morgan fingerprint density at radius 1 is 1.67 bits per heavy atom. The van der Waals surface area contributed by atoms with Crippen LogP contribution in [0.3, 0.4) is 0 Å². The van der Waals surface area contributed by atoms with Gasteiger partial charge in [0.1, 0.15) is 5.54 Å². The van der Waals surface area contributed by atoms with E-state index in [-0.39, 0.29) is 5.91 Å². The largest absolute Gasteiger partial charge is 0.334 e. The van der Waals surface area contributed by atoms with Crippen molar-refractivity contribution in [2.75, 3.05) is 0 Å². The molecule has 0 aliphatic heterocycles. The molecule has 1 aliphatic carbocycles. The lowest BCUT2D eigenvalue weighted by molar-refractivity contribution is -0.118. The van der Waals surface area contributed by atoms with Crippen LogP contribution >= 0.6 is 0 Å². The second kappa shape index (κ2) is 2.98. The summed E-state index contributed by atoms with van der Waals surface area (Å²) >= 11 is 0. The van der Waals surface area contributed by atoms with Gasteiger partial charge >= 0.3 is 0 Å². The fraction of sp³-hybridized carbons (Fsp3) is 0.556. The Labute approximate surface area is 72.1 Å². The average molecular weight is 164 g/mol. The molecule has 1 amide bonds. The van der Waals surface area contributed by atoms with Crippen LogP contribution in [0.25, 0.3) is 0 Å². The van der Waals surface area contributed by atoms with E-state index in [1.54, 1.807) is 19.9 Å². The molecule has 0 spiro atoms. The van der Waals surface area contributed by atoms with E-state index in [1.165, 1.54) is 0 Å². The molecule has 0 heterocycles. The molecule has 0 aromatic rings. The molecule has 0 unspecified atom stereocenters. The van der Waals surface area contributed by atoms with Gasteiger partial charge in [-0.15, -0.1) is 0 Å². The number of allylic oxidation sites excluding steroid dienone is 1. The monoisotopic (exact) mass is 164 g/mol. The summed E-state index contributed by atoms with van der Waals surface area (Å²) < 4.78 is 0. The Kier molecular flexibility index (Phi) is 2.18. The van der Waals surface area contributed by atoms with Crippen LogP contribution in [0.15, 0.2) is 11.6 Å². The normalized spacial score (nSPS) is 19.6. The van der Waals surface area contributed by atoms with E-state index in [9.17, 15) is 4.79 Å². The zero-order chi connectivity index (χ0) is 9.19. The van der Waals surface area contributed by atoms with Crippen molar-refractivity contribution >= 4 is 5.91 Å². The van der Waals surface area contributed by atoms with Gasteiger partial charge in [0.15, 0.2) is 0 Å². The second-order valence-corrected chi connectivity index (χ2v) is 3.12. The fourth-order valence-corrected chi connectivity index (χ4v) is 0.837. The standard InChI is InChI=1S/C9H12N2O/c1-3-7(2)8(12)11-9(6-10)4-5-9/h3H,4-5H2,1-2H3,(H,11,12)/b7-3-. The first-order chi connectivity index (χ1) is 5.63. The van der Waals surface area contributed by atoms with Gasteiger partial charge in [0.25, 0.3) is 0 Å². The quantitative estimate of drug-likeness (QED) is 0.622. The van der Waals surface area contributed by atoms with E-state index in [2.05, 4.69) is 11.4 Å². The molecular weight excluding hydrogens is 152 g/mol. The SMILES string of the molecule is C/C=C(/C)C(=O)NC1(C#N)CC1. The van der Waals surface area contributed by atoms with Crippen molar-refractivity contribution in [2.24, 2.45) is 0 Å². The molecule has 0 aromatic heterocycles. The van der Waals surface area contributed by atoms with Crippen molar-refractivity contribution in [3.63, 3.8) is 0 Å². The molecule has 1 aliphatic rings. The lowest BCUT2D eigenvalue weighted by atomic mass is 10.2. The number of amides is 1. The Bertz CT molecular complexity index is 269. The molecule has 1 fully saturated rings. The maximum absolute atomic E-state index is 11.3. The van der Waals surface area contributed by atoms with Crippen LogP contribution in [0.5, 0.6) is 0 Å². The molecule has 1 saturated carbocycles. The third-order valence-corrected chi connectivity index (χ3v) is 2.11. The Morgan fingerprint density at radius 3 is 2.58 bits per heavy atom. The zero-order valence-electron chi connectivity index (χ0n) is 7.35. The zero-order valence-corrected chi connectivity index (χ0v) is 7.35. The number of carbonyl (C=O) groups is 1. The smallest absolute Gasteiger partial charge is 0.247 e. The molecule has 0 aromatic carbocycles. The van der Waals surface area contributed by atoms with Gasteiger partial charge in [-0.25, -0.2) is 0 Å². The average Bonchev–Trinajstić information content (AvgIpc) is 2.84. The highest BCUT2D eigenvalue weighted by molar-refractivity contribution is 5.93. The van der Waals surface area contributed by atoms with E-state index in [4.69, 9.17) is 5.26 Å². The van der Waals surface area contributed by atoms with Gasteiger partial charge in [0.05, 0.1) is 6.07 Å². The van der Waals surface area contributed by atoms with Crippen LogP contribution in [0.1, 0.15) is 26.7 Å². The van der Waals surface area contributed by atoms with Crippen molar-refractivity contribution in [2.45, 2.75) is 32.2 Å². The number of carbonyl (C=O) groups excluding carboxylic acids is 1. The highest BCUT2D eigenvalue weighted by Gasteiger charge is 2.44. The molecule has 0 radical (unpaired) electrons. The summed E-state index contributed by atoms with van der Waals surface area (Å²) in [6.07, 6.45) is 3.31. The van der Waals surface area contributed by atoms with E-state index in [0.29, 0.717) is 5.57 Å². The lowest BCUT2D eigenvalue weighted by Crippen LogP contribution is -2.35. The number of hydrogen-bond donors (Lipinski definition) is 1. The molecule has 0 atom stereocenters. The van der Waals surface area contributed by atoms with Crippen LogP contribution in [-0.4, -0.2) is 11.4 Å². The molecule has 3 heteroatoms. The van der Waals surface area contributed by atoms with Crippen molar-refractivity contribution in [1.29, 1.82) is 5.26 Å². The maximum atomic E-state index is 11.3. The summed E-state index contributed by atoms with van der Waals surface area (Å²) in [5, 5.41) is 11.4. The highest BCUT2D eigenvalue weighted by Crippen LogP contribution is 2.34. The Balaban J connectivity index is 2.54. The van der Waals surface area contributed by atoms with Crippen LogP contribution < -0.4 is 5.32 Å². The van der Waals surface area contributed by atoms with Crippen molar-refractivity contribution < 1.29 is 4.79 Å². The van der Waals surface area contributed by atoms with Crippen molar-refractivity contribution in [3.8, 4) is 6.07 Å². The van der Waals surface area contributed by atoms with Gasteiger partial charge in [-0.3, -0.25) is 4.79 Å². The lowest BCUT2D eigenvalue weighted by Gasteiger charge is -2.08. The molecule has 0 bridgehead atoms. The summed E-state index contributed by atoms with van der Waals surface area (Å²) in [5.41, 5.74) is 0.123. The van der Waals surface area contributed by atoms with Gasteiger partial charge in [-0.05, 0) is 26.7 Å². The van der Waals surface area contributed by atoms with E-state index >= 15 is 0 Å². The molecule has 64 valence electrons. The van der Waals surface area contributed by atoms with Crippen LogP contribution in [0.4, 0.5) is 0 Å². The Hall–Kier alpha value is -1.30. The third-order valence-electron chi connectivity index (χ3n) is 2.11. The molecule has 12 heavy (non-hydrogen) atoms. The minimum absolute atomic E-state index is 0.128. The summed E-state index contributed by atoms with van der Waals surface area (Å²) in [6, 6.07) is 2.10.